The van der Waals surface area contributed by atoms with Crippen LogP contribution in [0.25, 0.3) is 10.9 Å². The Morgan fingerprint density at radius 3 is 3.05 bits per heavy atom. The summed E-state index contributed by atoms with van der Waals surface area (Å²) in [6.45, 7) is 6.18. The van der Waals surface area contributed by atoms with Gasteiger partial charge in [-0.25, -0.2) is 0 Å². The van der Waals surface area contributed by atoms with E-state index < -0.39 is 0 Å². The molecule has 102 valence electrons. The smallest absolute Gasteiger partial charge is 0.121 e. The molecule has 0 amide bonds. The Balaban J connectivity index is 1.84. The number of pyridine rings is 1. The van der Waals surface area contributed by atoms with E-state index in [9.17, 15) is 0 Å². The first-order valence-corrected chi connectivity index (χ1v) is 7.00. The van der Waals surface area contributed by atoms with E-state index >= 15 is 0 Å². The lowest BCUT2D eigenvalue weighted by molar-refractivity contribution is 0.290. The van der Waals surface area contributed by atoms with E-state index in [1.165, 1.54) is 6.42 Å². The Hall–Kier alpha value is -1.61. The van der Waals surface area contributed by atoms with Gasteiger partial charge in [0.25, 0.3) is 0 Å². The molecule has 3 heteroatoms. The molecule has 1 aromatic heterocycles. The molecule has 0 bridgehead atoms. The fourth-order valence-corrected chi connectivity index (χ4v) is 1.98. The van der Waals surface area contributed by atoms with Crippen molar-refractivity contribution in [2.24, 2.45) is 0 Å². The van der Waals surface area contributed by atoms with Crippen LogP contribution in [0.3, 0.4) is 0 Å². The summed E-state index contributed by atoms with van der Waals surface area (Å²) in [5.74, 6) is 0.897. The van der Waals surface area contributed by atoms with E-state index in [1.807, 2.05) is 24.4 Å². The molecule has 19 heavy (non-hydrogen) atoms. The number of hydrogen-bond acceptors (Lipinski definition) is 3. The van der Waals surface area contributed by atoms with Crippen molar-refractivity contribution in [2.75, 3.05) is 13.2 Å². The van der Waals surface area contributed by atoms with Gasteiger partial charge in [-0.15, -0.1) is 0 Å². The molecule has 0 aliphatic carbocycles. The molecule has 0 fully saturated rings. The normalized spacial score (nSPS) is 12.5. The molecule has 0 radical (unpaired) electrons. The topological polar surface area (TPSA) is 34.1 Å². The molecule has 2 rings (SSSR count). The molecule has 1 atom stereocenters. The first kappa shape index (κ1) is 13.8. The van der Waals surface area contributed by atoms with Crippen molar-refractivity contribution < 1.29 is 4.74 Å². The van der Waals surface area contributed by atoms with E-state index in [1.54, 1.807) is 0 Å². The molecular weight excluding hydrogens is 236 g/mol. The van der Waals surface area contributed by atoms with Gasteiger partial charge in [-0.3, -0.25) is 4.98 Å². The fourth-order valence-electron chi connectivity index (χ4n) is 1.98. The predicted molar refractivity (Wildman–Crippen MR) is 79.6 cm³/mol. The van der Waals surface area contributed by atoms with Crippen LogP contribution in [-0.2, 0) is 0 Å². The van der Waals surface area contributed by atoms with Gasteiger partial charge < -0.3 is 10.1 Å². The molecule has 0 aliphatic heterocycles. The summed E-state index contributed by atoms with van der Waals surface area (Å²) < 4.78 is 5.78. The van der Waals surface area contributed by atoms with Gasteiger partial charge in [0.05, 0.1) is 12.1 Å². The van der Waals surface area contributed by atoms with Crippen LogP contribution in [-0.4, -0.2) is 24.2 Å². The molecular formula is C16H22N2O. The minimum Gasteiger partial charge on any atom is -0.493 e. The molecule has 3 nitrogen and oxygen atoms in total. The van der Waals surface area contributed by atoms with E-state index in [0.29, 0.717) is 6.04 Å². The van der Waals surface area contributed by atoms with Gasteiger partial charge in [-0.05, 0) is 44.5 Å². The Morgan fingerprint density at radius 1 is 1.32 bits per heavy atom. The Kier molecular flexibility index (Phi) is 5.16. The van der Waals surface area contributed by atoms with Crippen molar-refractivity contribution in [1.29, 1.82) is 0 Å². The van der Waals surface area contributed by atoms with Crippen LogP contribution in [0.2, 0.25) is 0 Å². The SMILES string of the molecule is CCCNC(C)CCOc1ccc2cccnc2c1. The van der Waals surface area contributed by atoms with E-state index in [0.717, 1.165) is 36.2 Å². The van der Waals surface area contributed by atoms with Crippen LogP contribution >= 0.6 is 0 Å². The van der Waals surface area contributed by atoms with Gasteiger partial charge >= 0.3 is 0 Å². The van der Waals surface area contributed by atoms with Gasteiger partial charge in [0.2, 0.25) is 0 Å². The third-order valence-electron chi connectivity index (χ3n) is 3.14. The number of nitrogens with one attached hydrogen (secondary N) is 1. The van der Waals surface area contributed by atoms with Crippen molar-refractivity contribution in [3.8, 4) is 5.75 Å². The summed E-state index contributed by atoms with van der Waals surface area (Å²) in [7, 11) is 0. The molecule has 2 aromatic rings. The second-order valence-electron chi connectivity index (χ2n) is 4.85. The number of hydrogen-bond donors (Lipinski definition) is 1. The zero-order chi connectivity index (χ0) is 13.5. The van der Waals surface area contributed by atoms with Crippen molar-refractivity contribution in [3.05, 3.63) is 36.5 Å². The Labute approximate surface area is 115 Å². The van der Waals surface area contributed by atoms with Crippen molar-refractivity contribution >= 4 is 10.9 Å². The quantitative estimate of drug-likeness (QED) is 0.826. The molecule has 1 unspecified atom stereocenters. The van der Waals surface area contributed by atoms with Gasteiger partial charge in [0.15, 0.2) is 0 Å². The number of fused-ring (bicyclic) bond motifs is 1. The maximum Gasteiger partial charge on any atom is 0.121 e. The maximum atomic E-state index is 5.78. The lowest BCUT2D eigenvalue weighted by Gasteiger charge is -2.13. The van der Waals surface area contributed by atoms with Gasteiger partial charge in [-0.2, -0.15) is 0 Å². The minimum absolute atomic E-state index is 0.499. The second-order valence-corrected chi connectivity index (χ2v) is 4.85. The fraction of sp³-hybridized carbons (Fsp3) is 0.438. The van der Waals surface area contributed by atoms with Gasteiger partial charge in [-0.1, -0.05) is 13.0 Å². The highest BCUT2D eigenvalue weighted by atomic mass is 16.5. The van der Waals surface area contributed by atoms with Crippen LogP contribution in [0.5, 0.6) is 5.75 Å². The first-order chi connectivity index (χ1) is 9.29. The monoisotopic (exact) mass is 258 g/mol. The number of aromatic nitrogens is 1. The second kappa shape index (κ2) is 7.10. The number of ether oxygens (including phenoxy) is 1. The lowest BCUT2D eigenvalue weighted by atomic mass is 10.2. The molecule has 1 aromatic carbocycles. The molecule has 0 saturated carbocycles. The highest BCUT2D eigenvalue weighted by molar-refractivity contribution is 5.79. The summed E-state index contributed by atoms with van der Waals surface area (Å²) in [5.41, 5.74) is 0.983. The van der Waals surface area contributed by atoms with Crippen LogP contribution in [0.15, 0.2) is 36.5 Å². The standard InChI is InChI=1S/C16H22N2O/c1-3-9-17-13(2)8-11-19-15-7-6-14-5-4-10-18-16(14)12-15/h4-7,10,12-13,17H,3,8-9,11H2,1-2H3. The molecule has 0 spiro atoms. The largest absolute Gasteiger partial charge is 0.493 e. The first-order valence-electron chi connectivity index (χ1n) is 7.00. The van der Waals surface area contributed by atoms with E-state index in [2.05, 4.69) is 36.3 Å². The van der Waals surface area contributed by atoms with E-state index in [4.69, 9.17) is 4.74 Å². The number of benzene rings is 1. The van der Waals surface area contributed by atoms with Crippen LogP contribution in [0.4, 0.5) is 0 Å². The van der Waals surface area contributed by atoms with Crippen LogP contribution < -0.4 is 10.1 Å². The summed E-state index contributed by atoms with van der Waals surface area (Å²) in [6.07, 6.45) is 3.99. The third-order valence-corrected chi connectivity index (χ3v) is 3.14. The average molecular weight is 258 g/mol. The lowest BCUT2D eigenvalue weighted by Crippen LogP contribution is -2.28. The highest BCUT2D eigenvalue weighted by Crippen LogP contribution is 2.18. The summed E-state index contributed by atoms with van der Waals surface area (Å²) in [4.78, 5) is 4.33. The molecule has 0 saturated heterocycles. The predicted octanol–water partition coefficient (Wildman–Crippen LogP) is 3.39. The molecule has 1 heterocycles. The summed E-state index contributed by atoms with van der Waals surface area (Å²) >= 11 is 0. The maximum absolute atomic E-state index is 5.78. The number of nitrogens with zero attached hydrogens (tertiary/aromatic N) is 1. The van der Waals surface area contributed by atoms with Gasteiger partial charge in [0, 0.05) is 23.7 Å². The van der Waals surface area contributed by atoms with Crippen LogP contribution in [0.1, 0.15) is 26.7 Å². The summed E-state index contributed by atoms with van der Waals surface area (Å²) in [5, 5.41) is 4.60. The summed E-state index contributed by atoms with van der Waals surface area (Å²) in [6, 6.07) is 10.6. The Morgan fingerprint density at radius 2 is 2.21 bits per heavy atom. The minimum atomic E-state index is 0.499. The zero-order valence-electron chi connectivity index (χ0n) is 11.7. The molecule has 1 N–H and O–H groups in total. The molecule has 0 aliphatic rings. The van der Waals surface area contributed by atoms with Crippen molar-refractivity contribution in [3.63, 3.8) is 0 Å². The van der Waals surface area contributed by atoms with Crippen LogP contribution in [0, 0.1) is 0 Å². The number of rotatable bonds is 7. The third kappa shape index (κ3) is 4.21. The van der Waals surface area contributed by atoms with E-state index in [-0.39, 0.29) is 0 Å². The van der Waals surface area contributed by atoms with Gasteiger partial charge in [0.1, 0.15) is 5.75 Å². The average Bonchev–Trinajstić information content (AvgIpc) is 2.45. The highest BCUT2D eigenvalue weighted by Gasteiger charge is 2.02. The van der Waals surface area contributed by atoms with Crippen molar-refractivity contribution in [1.82, 2.24) is 10.3 Å². The van der Waals surface area contributed by atoms with Crippen molar-refractivity contribution in [2.45, 2.75) is 32.7 Å². The Bertz CT molecular complexity index is 513. The zero-order valence-corrected chi connectivity index (χ0v) is 11.7.